The van der Waals surface area contributed by atoms with Crippen molar-refractivity contribution in [1.29, 1.82) is 0 Å². The number of guanidine groups is 1. The number of hydrogen-bond acceptors (Lipinski definition) is 3. The van der Waals surface area contributed by atoms with Crippen LogP contribution in [0.15, 0.2) is 4.99 Å². The Kier molecular flexibility index (Phi) is 5.92. The van der Waals surface area contributed by atoms with Gasteiger partial charge in [-0.3, -0.25) is 4.99 Å². The molecule has 0 spiro atoms. The number of nitrogens with two attached hydrogens (primary N) is 1. The van der Waals surface area contributed by atoms with Crippen molar-refractivity contribution in [2.24, 2.45) is 16.6 Å². The minimum Gasteiger partial charge on any atom is -0.389 e. The van der Waals surface area contributed by atoms with Crippen LogP contribution in [-0.4, -0.2) is 43.0 Å². The molecule has 2 rings (SSSR count). The topological polar surface area (TPSA) is 79.9 Å². The molecular weight excluding hydrogens is 242 g/mol. The third-order valence-electron chi connectivity index (χ3n) is 3.79. The standard InChI is InChI=1S/C14H27N3O2/c15-14(17-12-4-2-1-3-5-12)16-8-13(18)10-19-9-11-6-7-11/h11-13,18H,1-10H2,(H3,15,16,17). The molecule has 0 bridgehead atoms. The molecule has 110 valence electrons. The van der Waals surface area contributed by atoms with Crippen molar-refractivity contribution < 1.29 is 9.84 Å². The average Bonchev–Trinajstić information content (AvgIpc) is 3.22. The molecule has 5 nitrogen and oxygen atoms in total. The number of hydrogen-bond donors (Lipinski definition) is 3. The lowest BCUT2D eigenvalue weighted by molar-refractivity contribution is 0.0368. The molecule has 0 heterocycles. The molecule has 0 aromatic carbocycles. The number of aliphatic hydroxyl groups excluding tert-OH is 1. The fraction of sp³-hybridized carbons (Fsp3) is 0.929. The molecule has 0 aromatic heterocycles. The molecule has 0 aliphatic heterocycles. The van der Waals surface area contributed by atoms with Gasteiger partial charge in [-0.2, -0.15) is 0 Å². The van der Waals surface area contributed by atoms with Crippen molar-refractivity contribution in [3.8, 4) is 0 Å². The summed E-state index contributed by atoms with van der Waals surface area (Å²) < 4.78 is 5.42. The van der Waals surface area contributed by atoms with Gasteiger partial charge in [0.15, 0.2) is 5.96 Å². The Balaban J connectivity index is 1.56. The molecular formula is C14H27N3O2. The van der Waals surface area contributed by atoms with Crippen LogP contribution in [0.2, 0.25) is 0 Å². The molecule has 2 aliphatic carbocycles. The molecule has 1 atom stereocenters. The molecule has 2 fully saturated rings. The summed E-state index contributed by atoms with van der Waals surface area (Å²) in [5, 5.41) is 13.0. The quantitative estimate of drug-likeness (QED) is 0.476. The van der Waals surface area contributed by atoms with Gasteiger partial charge in [0.1, 0.15) is 0 Å². The summed E-state index contributed by atoms with van der Waals surface area (Å²) in [6, 6.07) is 0.459. The van der Waals surface area contributed by atoms with Crippen LogP contribution >= 0.6 is 0 Å². The van der Waals surface area contributed by atoms with E-state index in [0.29, 0.717) is 25.2 Å². The SMILES string of the molecule is NC(=NCC(O)COCC1CC1)NC1CCCCC1. The van der Waals surface area contributed by atoms with Crippen LogP contribution < -0.4 is 11.1 Å². The summed E-state index contributed by atoms with van der Waals surface area (Å²) in [7, 11) is 0. The van der Waals surface area contributed by atoms with E-state index in [1.807, 2.05) is 0 Å². The molecule has 1 unspecified atom stereocenters. The van der Waals surface area contributed by atoms with Gasteiger partial charge in [-0.1, -0.05) is 19.3 Å². The molecule has 2 aliphatic rings. The van der Waals surface area contributed by atoms with Gasteiger partial charge in [0.05, 0.1) is 19.3 Å². The summed E-state index contributed by atoms with van der Waals surface area (Å²) >= 11 is 0. The Morgan fingerprint density at radius 2 is 2.00 bits per heavy atom. The number of aliphatic imine (C=N–C) groups is 1. The van der Waals surface area contributed by atoms with Gasteiger partial charge in [-0.25, -0.2) is 0 Å². The van der Waals surface area contributed by atoms with Gasteiger partial charge in [-0.05, 0) is 31.6 Å². The van der Waals surface area contributed by atoms with E-state index >= 15 is 0 Å². The van der Waals surface area contributed by atoms with Crippen LogP contribution in [-0.2, 0) is 4.74 Å². The summed E-state index contributed by atoms with van der Waals surface area (Å²) in [6.45, 7) is 1.45. The number of aliphatic hydroxyl groups is 1. The van der Waals surface area contributed by atoms with E-state index in [4.69, 9.17) is 10.5 Å². The van der Waals surface area contributed by atoms with Crippen LogP contribution in [0.1, 0.15) is 44.9 Å². The van der Waals surface area contributed by atoms with Gasteiger partial charge in [0.2, 0.25) is 0 Å². The van der Waals surface area contributed by atoms with E-state index in [2.05, 4.69) is 10.3 Å². The third kappa shape index (κ3) is 6.25. The van der Waals surface area contributed by atoms with Gasteiger partial charge in [0.25, 0.3) is 0 Å². The molecule has 2 saturated carbocycles. The molecule has 0 radical (unpaired) electrons. The number of rotatable bonds is 7. The second kappa shape index (κ2) is 7.70. The normalized spacial score (nSPS) is 23.3. The number of ether oxygens (including phenoxy) is 1. The van der Waals surface area contributed by atoms with E-state index in [0.717, 1.165) is 12.5 Å². The van der Waals surface area contributed by atoms with Crippen LogP contribution in [0.3, 0.4) is 0 Å². The van der Waals surface area contributed by atoms with Gasteiger partial charge >= 0.3 is 0 Å². The molecule has 0 saturated heterocycles. The highest BCUT2D eigenvalue weighted by atomic mass is 16.5. The highest BCUT2D eigenvalue weighted by Gasteiger charge is 2.21. The van der Waals surface area contributed by atoms with Gasteiger partial charge in [-0.15, -0.1) is 0 Å². The maximum atomic E-state index is 9.72. The average molecular weight is 269 g/mol. The predicted octanol–water partition coefficient (Wildman–Crippen LogP) is 1.01. The molecule has 19 heavy (non-hydrogen) atoms. The number of nitrogens with one attached hydrogen (secondary N) is 1. The maximum absolute atomic E-state index is 9.72. The zero-order valence-electron chi connectivity index (χ0n) is 11.7. The first-order valence-corrected chi connectivity index (χ1v) is 7.56. The largest absolute Gasteiger partial charge is 0.389 e. The van der Waals surface area contributed by atoms with Crippen molar-refractivity contribution in [1.82, 2.24) is 5.32 Å². The van der Waals surface area contributed by atoms with E-state index < -0.39 is 6.10 Å². The van der Waals surface area contributed by atoms with Crippen molar-refractivity contribution in [3.63, 3.8) is 0 Å². The Morgan fingerprint density at radius 3 is 2.68 bits per heavy atom. The summed E-state index contributed by atoms with van der Waals surface area (Å²) in [4.78, 5) is 4.18. The van der Waals surface area contributed by atoms with E-state index in [9.17, 15) is 5.11 Å². The highest BCUT2D eigenvalue weighted by Crippen LogP contribution is 2.28. The maximum Gasteiger partial charge on any atom is 0.188 e. The third-order valence-corrected chi connectivity index (χ3v) is 3.79. The first-order valence-electron chi connectivity index (χ1n) is 7.56. The first kappa shape index (κ1) is 14.6. The van der Waals surface area contributed by atoms with Crippen LogP contribution in [0.5, 0.6) is 0 Å². The summed E-state index contributed by atoms with van der Waals surface area (Å²) in [5.41, 5.74) is 5.83. The van der Waals surface area contributed by atoms with Crippen LogP contribution in [0, 0.1) is 5.92 Å². The molecule has 0 aromatic rings. The predicted molar refractivity (Wildman–Crippen MR) is 76.0 cm³/mol. The summed E-state index contributed by atoms with van der Waals surface area (Å²) in [5.74, 6) is 1.18. The summed E-state index contributed by atoms with van der Waals surface area (Å²) in [6.07, 6.45) is 8.19. The highest BCUT2D eigenvalue weighted by molar-refractivity contribution is 5.78. The lowest BCUT2D eigenvalue weighted by atomic mass is 9.96. The monoisotopic (exact) mass is 269 g/mol. The van der Waals surface area contributed by atoms with E-state index in [1.54, 1.807) is 0 Å². The molecule has 0 amide bonds. The first-order chi connectivity index (χ1) is 9.24. The lowest BCUT2D eigenvalue weighted by Crippen LogP contribution is -2.41. The zero-order valence-corrected chi connectivity index (χ0v) is 11.7. The second-order valence-electron chi connectivity index (χ2n) is 5.84. The lowest BCUT2D eigenvalue weighted by Gasteiger charge is -2.23. The van der Waals surface area contributed by atoms with Gasteiger partial charge < -0.3 is 20.9 Å². The van der Waals surface area contributed by atoms with Crippen LogP contribution in [0.25, 0.3) is 0 Å². The van der Waals surface area contributed by atoms with Crippen LogP contribution in [0.4, 0.5) is 0 Å². The molecule has 5 heteroatoms. The van der Waals surface area contributed by atoms with Crippen molar-refractivity contribution >= 4 is 5.96 Å². The van der Waals surface area contributed by atoms with Crippen molar-refractivity contribution in [2.45, 2.75) is 57.1 Å². The Labute approximate surface area is 115 Å². The minimum atomic E-state index is -0.551. The zero-order chi connectivity index (χ0) is 13.5. The van der Waals surface area contributed by atoms with E-state index in [1.165, 1.54) is 44.9 Å². The minimum absolute atomic E-state index is 0.316. The number of nitrogens with zero attached hydrogens (tertiary/aromatic N) is 1. The fourth-order valence-corrected chi connectivity index (χ4v) is 2.41. The second-order valence-corrected chi connectivity index (χ2v) is 5.84. The van der Waals surface area contributed by atoms with E-state index in [-0.39, 0.29) is 0 Å². The smallest absolute Gasteiger partial charge is 0.188 e. The Hall–Kier alpha value is -0.810. The van der Waals surface area contributed by atoms with Crippen molar-refractivity contribution in [3.05, 3.63) is 0 Å². The van der Waals surface area contributed by atoms with Gasteiger partial charge in [0, 0.05) is 12.6 Å². The Bertz CT molecular complexity index is 286. The van der Waals surface area contributed by atoms with Crippen molar-refractivity contribution in [2.75, 3.05) is 19.8 Å². The molecule has 4 N–H and O–H groups in total. The Morgan fingerprint density at radius 1 is 1.26 bits per heavy atom. The fourth-order valence-electron chi connectivity index (χ4n) is 2.41.